The fourth-order valence-electron chi connectivity index (χ4n) is 6.12. The maximum atomic E-state index is 15.0. The SMILES string of the molecule is CCOC(=O)c1cnn(-c2cccc(C(=O)O)c2)c1C[C@H]1O[C@H](c2cccc(OC)c2OC)c2cc(Cl)ccc2N(CC(C)(C)COC(C)=O)C1=O. The van der Waals surface area contributed by atoms with E-state index in [-0.39, 0.29) is 43.0 Å². The summed E-state index contributed by atoms with van der Waals surface area (Å²) in [6, 6.07) is 16.5. The molecule has 0 saturated carbocycles. The van der Waals surface area contributed by atoms with Crippen molar-refractivity contribution in [3.05, 3.63) is 99.8 Å². The number of hydrogen-bond donors (Lipinski definition) is 1. The first kappa shape index (κ1) is 37.8. The van der Waals surface area contributed by atoms with E-state index in [2.05, 4.69) is 5.10 Å². The number of para-hydroxylation sites is 1. The van der Waals surface area contributed by atoms with Crippen LogP contribution in [-0.2, 0) is 30.2 Å². The molecule has 1 aliphatic heterocycles. The number of benzene rings is 3. The molecule has 14 heteroatoms. The predicted octanol–water partition coefficient (Wildman–Crippen LogP) is 6.07. The number of nitrogens with zero attached hydrogens (tertiary/aromatic N) is 3. The fourth-order valence-corrected chi connectivity index (χ4v) is 6.30. The number of methoxy groups -OCH3 is 2. The first-order valence-electron chi connectivity index (χ1n) is 16.5. The molecule has 5 rings (SSSR count). The number of aromatic carboxylic acids is 1. The predicted molar refractivity (Wildman–Crippen MR) is 191 cm³/mol. The molecule has 0 unspecified atom stereocenters. The van der Waals surface area contributed by atoms with Gasteiger partial charge in [0.15, 0.2) is 11.5 Å². The van der Waals surface area contributed by atoms with Crippen LogP contribution >= 0.6 is 11.6 Å². The minimum atomic E-state index is -1.28. The van der Waals surface area contributed by atoms with Crippen LogP contribution in [0.25, 0.3) is 5.69 Å². The van der Waals surface area contributed by atoms with Crippen LogP contribution in [0.1, 0.15) is 71.3 Å². The van der Waals surface area contributed by atoms with Crippen LogP contribution in [0.15, 0.2) is 66.9 Å². The number of anilines is 1. The summed E-state index contributed by atoms with van der Waals surface area (Å²) in [7, 11) is 3.01. The Morgan fingerprint density at radius 1 is 1.00 bits per heavy atom. The summed E-state index contributed by atoms with van der Waals surface area (Å²) in [5, 5.41) is 14.5. The van der Waals surface area contributed by atoms with E-state index in [0.29, 0.717) is 39.0 Å². The summed E-state index contributed by atoms with van der Waals surface area (Å²) in [4.78, 5) is 53.5. The Morgan fingerprint density at radius 2 is 1.75 bits per heavy atom. The van der Waals surface area contributed by atoms with Crippen molar-refractivity contribution in [3.8, 4) is 17.2 Å². The Balaban J connectivity index is 1.72. The highest BCUT2D eigenvalue weighted by atomic mass is 35.5. The molecule has 4 aromatic rings. The Bertz CT molecular complexity index is 1990. The fraction of sp³-hybridized carbons (Fsp3) is 0.342. The molecule has 52 heavy (non-hydrogen) atoms. The van der Waals surface area contributed by atoms with E-state index in [0.717, 1.165) is 0 Å². The van der Waals surface area contributed by atoms with E-state index in [4.69, 9.17) is 35.3 Å². The van der Waals surface area contributed by atoms with E-state index in [9.17, 15) is 24.3 Å². The molecule has 13 nitrogen and oxygen atoms in total. The third-order valence-corrected chi connectivity index (χ3v) is 8.69. The summed E-state index contributed by atoms with van der Waals surface area (Å²) in [5.74, 6) is -1.95. The van der Waals surface area contributed by atoms with Crippen LogP contribution in [0.3, 0.4) is 0 Å². The second-order valence-electron chi connectivity index (χ2n) is 12.9. The van der Waals surface area contributed by atoms with E-state index < -0.39 is 41.4 Å². The van der Waals surface area contributed by atoms with Crippen LogP contribution < -0.4 is 14.4 Å². The molecule has 0 radical (unpaired) electrons. The third-order valence-electron chi connectivity index (χ3n) is 8.45. The van der Waals surface area contributed by atoms with Crippen molar-refractivity contribution >= 4 is 41.1 Å². The van der Waals surface area contributed by atoms with E-state index >= 15 is 0 Å². The van der Waals surface area contributed by atoms with Crippen molar-refractivity contribution in [2.45, 2.75) is 46.3 Å². The lowest BCUT2D eigenvalue weighted by Gasteiger charge is -2.33. The number of carboxylic acids is 1. The van der Waals surface area contributed by atoms with Gasteiger partial charge in [0.2, 0.25) is 0 Å². The van der Waals surface area contributed by atoms with Crippen molar-refractivity contribution < 1.29 is 48.0 Å². The molecule has 0 saturated heterocycles. The zero-order valence-corrected chi connectivity index (χ0v) is 30.4. The molecule has 274 valence electrons. The lowest BCUT2D eigenvalue weighted by Crippen LogP contribution is -2.46. The minimum Gasteiger partial charge on any atom is -0.493 e. The molecular formula is C38H40ClN3O10. The summed E-state index contributed by atoms with van der Waals surface area (Å²) >= 11 is 6.60. The summed E-state index contributed by atoms with van der Waals surface area (Å²) in [6.07, 6.45) is -1.11. The van der Waals surface area contributed by atoms with E-state index in [1.165, 1.54) is 44.2 Å². The molecule has 1 aliphatic rings. The molecule has 3 aromatic carbocycles. The Morgan fingerprint density at radius 3 is 2.42 bits per heavy atom. The number of rotatable bonds is 13. The van der Waals surface area contributed by atoms with Crippen LogP contribution in [0.2, 0.25) is 5.02 Å². The monoisotopic (exact) mass is 733 g/mol. The number of carbonyl (C=O) groups is 4. The second-order valence-corrected chi connectivity index (χ2v) is 13.3. The van der Waals surface area contributed by atoms with E-state index in [1.807, 2.05) is 13.8 Å². The minimum absolute atomic E-state index is 0.00266. The van der Waals surface area contributed by atoms with E-state index in [1.54, 1.807) is 60.4 Å². The van der Waals surface area contributed by atoms with Crippen LogP contribution in [-0.4, -0.2) is 78.8 Å². The zero-order valence-electron chi connectivity index (χ0n) is 29.7. The zero-order chi connectivity index (χ0) is 37.7. The molecule has 0 spiro atoms. The number of ether oxygens (including phenoxy) is 5. The van der Waals surface area contributed by atoms with Crippen molar-refractivity contribution in [3.63, 3.8) is 0 Å². The maximum absolute atomic E-state index is 15.0. The highest BCUT2D eigenvalue weighted by molar-refractivity contribution is 6.30. The third kappa shape index (κ3) is 8.05. The van der Waals surface area contributed by atoms with Gasteiger partial charge in [0.1, 0.15) is 17.8 Å². The number of amides is 1. The summed E-state index contributed by atoms with van der Waals surface area (Å²) in [6.45, 7) is 6.91. The van der Waals surface area contributed by atoms with Gasteiger partial charge in [0.05, 0.1) is 50.6 Å². The number of fused-ring (bicyclic) bond motifs is 1. The number of carbonyl (C=O) groups excluding carboxylic acids is 3. The van der Waals surface area contributed by atoms with Gasteiger partial charge in [-0.05, 0) is 49.4 Å². The second kappa shape index (κ2) is 15.9. The lowest BCUT2D eigenvalue weighted by atomic mass is 9.92. The normalized spacial score (nSPS) is 15.8. The standard InChI is InChI=1S/C38H40ClN3O10/c1-7-50-37(47)28-19-40-42(25-11-8-10-23(16-25)36(45)46)30(28)18-32-35(44)41(20-38(3,4)21-51-22(2)43)29-15-14-24(39)17-27(29)33(52-32)26-12-9-13-31(48-5)34(26)49-6/h8-17,19,32-33H,7,18,20-21H2,1-6H3,(H,45,46)/t32-,33-/m1/s1. The first-order chi connectivity index (χ1) is 24.8. The average Bonchev–Trinajstić information content (AvgIpc) is 3.50. The number of aromatic nitrogens is 2. The van der Waals surface area contributed by atoms with Gasteiger partial charge in [-0.1, -0.05) is 43.6 Å². The molecule has 2 atom stereocenters. The van der Waals surface area contributed by atoms with Gasteiger partial charge in [-0.15, -0.1) is 0 Å². The van der Waals surface area contributed by atoms with Crippen molar-refractivity contribution in [2.75, 3.05) is 38.9 Å². The highest BCUT2D eigenvalue weighted by Crippen LogP contribution is 2.46. The highest BCUT2D eigenvalue weighted by Gasteiger charge is 2.41. The molecule has 2 heterocycles. The van der Waals surface area contributed by atoms with Crippen molar-refractivity contribution in [2.24, 2.45) is 5.41 Å². The van der Waals surface area contributed by atoms with Gasteiger partial charge in [-0.25, -0.2) is 14.3 Å². The topological polar surface area (TPSA) is 156 Å². The smallest absolute Gasteiger partial charge is 0.341 e. The van der Waals surface area contributed by atoms with Gasteiger partial charge in [0, 0.05) is 47.1 Å². The molecule has 1 N–H and O–H groups in total. The van der Waals surface area contributed by atoms with Crippen molar-refractivity contribution in [1.82, 2.24) is 9.78 Å². The molecule has 0 fully saturated rings. The Hall–Kier alpha value is -5.40. The Labute approximate surface area is 305 Å². The largest absolute Gasteiger partial charge is 0.493 e. The molecule has 0 aliphatic carbocycles. The summed E-state index contributed by atoms with van der Waals surface area (Å²) in [5.41, 5.74) is 1.51. The van der Waals surface area contributed by atoms with Crippen molar-refractivity contribution in [1.29, 1.82) is 0 Å². The summed E-state index contributed by atoms with van der Waals surface area (Å²) < 4.78 is 30.4. The number of carboxylic acid groups (broad SMARTS) is 1. The molecular weight excluding hydrogens is 694 g/mol. The van der Waals surface area contributed by atoms with Gasteiger partial charge in [-0.3, -0.25) is 9.59 Å². The Kier molecular flexibility index (Phi) is 11.6. The number of esters is 2. The molecule has 1 amide bonds. The number of hydrogen-bond acceptors (Lipinski definition) is 10. The van der Waals surface area contributed by atoms with Crippen LogP contribution in [0, 0.1) is 5.41 Å². The van der Waals surface area contributed by atoms with Crippen LogP contribution in [0.5, 0.6) is 11.5 Å². The first-order valence-corrected chi connectivity index (χ1v) is 16.8. The van der Waals surface area contributed by atoms with Gasteiger partial charge in [-0.2, -0.15) is 5.10 Å². The van der Waals surface area contributed by atoms with Crippen LogP contribution in [0.4, 0.5) is 5.69 Å². The molecule has 0 bridgehead atoms. The number of halogens is 1. The van der Waals surface area contributed by atoms with Gasteiger partial charge in [0.25, 0.3) is 5.91 Å². The van der Waals surface area contributed by atoms with Gasteiger partial charge < -0.3 is 33.7 Å². The quantitative estimate of drug-likeness (QED) is 0.159. The van der Waals surface area contributed by atoms with Gasteiger partial charge >= 0.3 is 17.9 Å². The lowest BCUT2D eigenvalue weighted by molar-refractivity contribution is -0.143. The average molecular weight is 734 g/mol. The maximum Gasteiger partial charge on any atom is 0.341 e. The molecule has 1 aromatic heterocycles.